The van der Waals surface area contributed by atoms with E-state index in [9.17, 15) is 9.13 Å². The summed E-state index contributed by atoms with van der Waals surface area (Å²) in [5.74, 6) is 0.519. The number of hydrogen-bond acceptors (Lipinski definition) is 8. The van der Waals surface area contributed by atoms with Gasteiger partial charge in [0, 0.05) is 5.92 Å². The summed E-state index contributed by atoms with van der Waals surface area (Å²) in [6.07, 6.45) is 1.64. The van der Waals surface area contributed by atoms with Crippen LogP contribution in [0.2, 0.25) is 0 Å². The summed E-state index contributed by atoms with van der Waals surface area (Å²) >= 11 is 0. The molecule has 0 saturated carbocycles. The van der Waals surface area contributed by atoms with Crippen LogP contribution in [0, 0.1) is 29.6 Å². The molecule has 2 atom stereocenters. The topological polar surface area (TPSA) is 89.5 Å². The van der Waals surface area contributed by atoms with E-state index in [0.29, 0.717) is 12.8 Å². The zero-order valence-corrected chi connectivity index (χ0v) is 25.1. The Morgan fingerprint density at radius 2 is 0.912 bits per heavy atom. The lowest BCUT2D eigenvalue weighted by atomic mass is 9.97. The van der Waals surface area contributed by atoms with Gasteiger partial charge >= 0.3 is 15.6 Å². The summed E-state index contributed by atoms with van der Waals surface area (Å²) in [7, 11) is -7.53. The van der Waals surface area contributed by atoms with Gasteiger partial charge in [-0.3, -0.25) is 27.1 Å². The van der Waals surface area contributed by atoms with Crippen molar-refractivity contribution in [2.24, 2.45) is 29.6 Å². The van der Waals surface area contributed by atoms with Gasteiger partial charge < -0.3 is 0 Å². The van der Waals surface area contributed by atoms with Crippen LogP contribution in [0.15, 0.2) is 0 Å². The van der Waals surface area contributed by atoms with Gasteiger partial charge in [0.2, 0.25) is 0 Å². The van der Waals surface area contributed by atoms with Crippen molar-refractivity contribution in [3.05, 3.63) is 0 Å². The van der Waals surface area contributed by atoms with E-state index in [1.54, 1.807) is 0 Å². The first kappa shape index (κ1) is 34.2. The smallest absolute Gasteiger partial charge is 0.287 e. The zero-order valence-electron chi connectivity index (χ0n) is 23.3. The molecule has 206 valence electrons. The van der Waals surface area contributed by atoms with Crippen molar-refractivity contribution >= 4 is 15.6 Å². The second-order valence-corrected chi connectivity index (χ2v) is 13.8. The van der Waals surface area contributed by atoms with Gasteiger partial charge in [0.05, 0.1) is 39.1 Å². The standard InChI is InChI=1S/C24H52O8P2/c1-11-13-24(32-34(26,29-16-21(7)8)30-17-22(9)10)23(12-2)18-31-33(25,27-14-19(3)4)28-15-20(5)6/h19-24H,11-18H2,1-10H3/t23-,24-/m0/s1. The van der Waals surface area contributed by atoms with E-state index >= 15 is 0 Å². The Hall–Kier alpha value is 0.220. The Labute approximate surface area is 209 Å². The highest BCUT2D eigenvalue weighted by Crippen LogP contribution is 2.54. The van der Waals surface area contributed by atoms with Crippen LogP contribution in [-0.4, -0.2) is 39.1 Å². The highest BCUT2D eigenvalue weighted by molar-refractivity contribution is 7.48. The fraction of sp³-hybridized carbons (Fsp3) is 1.00. The number of hydrogen-bond donors (Lipinski definition) is 0. The molecule has 0 heterocycles. The van der Waals surface area contributed by atoms with Crippen LogP contribution in [0.1, 0.15) is 88.5 Å². The second-order valence-electron chi connectivity index (χ2n) is 10.5. The molecule has 0 N–H and O–H groups in total. The molecule has 0 rings (SSSR count). The summed E-state index contributed by atoms with van der Waals surface area (Å²) in [5, 5.41) is 0. The normalized spacial score (nSPS) is 15.1. The number of phosphoric acid groups is 2. The van der Waals surface area contributed by atoms with E-state index in [4.69, 9.17) is 27.1 Å². The summed E-state index contributed by atoms with van der Waals surface area (Å²) in [6.45, 7) is 21.0. The molecule has 0 bridgehead atoms. The van der Waals surface area contributed by atoms with Gasteiger partial charge in [-0.25, -0.2) is 9.13 Å². The average molecular weight is 531 g/mol. The van der Waals surface area contributed by atoms with Gasteiger partial charge in [-0.15, -0.1) is 0 Å². The van der Waals surface area contributed by atoms with E-state index in [0.717, 1.165) is 6.42 Å². The fourth-order valence-electron chi connectivity index (χ4n) is 2.67. The minimum atomic E-state index is -3.78. The Kier molecular flexibility index (Phi) is 17.8. The van der Waals surface area contributed by atoms with Crippen LogP contribution >= 0.6 is 15.6 Å². The van der Waals surface area contributed by atoms with Crippen LogP contribution in [0.5, 0.6) is 0 Å². The summed E-state index contributed by atoms with van der Waals surface area (Å²) in [5.41, 5.74) is 0. The van der Waals surface area contributed by atoms with Crippen molar-refractivity contribution in [2.75, 3.05) is 33.0 Å². The van der Waals surface area contributed by atoms with Crippen molar-refractivity contribution in [3.63, 3.8) is 0 Å². The molecule has 10 heteroatoms. The molecule has 0 spiro atoms. The molecule has 0 aliphatic rings. The van der Waals surface area contributed by atoms with Crippen molar-refractivity contribution in [1.82, 2.24) is 0 Å². The summed E-state index contributed by atoms with van der Waals surface area (Å²) in [4.78, 5) is 0. The van der Waals surface area contributed by atoms with Gasteiger partial charge in [0.25, 0.3) is 0 Å². The number of rotatable bonds is 21. The lowest BCUT2D eigenvalue weighted by molar-refractivity contribution is 0.0147. The van der Waals surface area contributed by atoms with Gasteiger partial charge in [0.1, 0.15) is 0 Å². The third kappa shape index (κ3) is 16.1. The molecular formula is C24H52O8P2. The molecule has 8 nitrogen and oxygen atoms in total. The minimum Gasteiger partial charge on any atom is -0.287 e. The Morgan fingerprint density at radius 1 is 0.559 bits per heavy atom. The highest BCUT2D eigenvalue weighted by Gasteiger charge is 2.36. The molecule has 0 aliphatic heterocycles. The van der Waals surface area contributed by atoms with Crippen LogP contribution in [0.4, 0.5) is 0 Å². The van der Waals surface area contributed by atoms with Crippen LogP contribution in [-0.2, 0) is 36.3 Å². The lowest BCUT2D eigenvalue weighted by Crippen LogP contribution is -2.28. The third-order valence-corrected chi connectivity index (χ3v) is 7.45. The van der Waals surface area contributed by atoms with Crippen LogP contribution in [0.3, 0.4) is 0 Å². The molecule has 0 saturated heterocycles. The van der Waals surface area contributed by atoms with E-state index in [1.807, 2.05) is 69.2 Å². The summed E-state index contributed by atoms with van der Waals surface area (Å²) < 4.78 is 61.0. The Bertz CT molecular complexity index is 578. The molecule has 0 fully saturated rings. The van der Waals surface area contributed by atoms with Gasteiger partial charge in [0.15, 0.2) is 0 Å². The van der Waals surface area contributed by atoms with Crippen molar-refractivity contribution < 1.29 is 36.3 Å². The van der Waals surface area contributed by atoms with Crippen molar-refractivity contribution in [1.29, 1.82) is 0 Å². The second kappa shape index (κ2) is 17.6. The maximum Gasteiger partial charge on any atom is 0.475 e. The fourth-order valence-corrected chi connectivity index (χ4v) is 6.00. The minimum absolute atomic E-state index is 0.0863. The van der Waals surface area contributed by atoms with Crippen molar-refractivity contribution in [3.8, 4) is 0 Å². The first-order valence-electron chi connectivity index (χ1n) is 12.9. The monoisotopic (exact) mass is 530 g/mol. The first-order valence-corrected chi connectivity index (χ1v) is 15.8. The SMILES string of the molecule is CCC[C@H](OP(=O)(OCC(C)C)OCC(C)C)[C@@H](CC)COP(=O)(OCC(C)C)OCC(C)C. The maximum atomic E-state index is 13.5. The predicted molar refractivity (Wildman–Crippen MR) is 138 cm³/mol. The quantitative estimate of drug-likeness (QED) is 0.137. The lowest BCUT2D eigenvalue weighted by Gasteiger charge is -2.30. The van der Waals surface area contributed by atoms with Gasteiger partial charge in [-0.1, -0.05) is 75.7 Å². The van der Waals surface area contributed by atoms with E-state index in [1.165, 1.54) is 0 Å². The highest BCUT2D eigenvalue weighted by atomic mass is 31.2. The molecule has 0 aromatic rings. The third-order valence-electron chi connectivity index (χ3n) is 4.60. The average Bonchev–Trinajstić information content (AvgIpc) is 2.74. The molecule has 0 unspecified atom stereocenters. The van der Waals surface area contributed by atoms with Crippen LogP contribution in [0.25, 0.3) is 0 Å². The molecule has 34 heavy (non-hydrogen) atoms. The van der Waals surface area contributed by atoms with Gasteiger partial charge in [-0.05, 0) is 36.5 Å². The van der Waals surface area contributed by atoms with Crippen LogP contribution < -0.4 is 0 Å². The van der Waals surface area contributed by atoms with Gasteiger partial charge in [-0.2, -0.15) is 0 Å². The molecule has 0 amide bonds. The molecule has 0 aliphatic carbocycles. The van der Waals surface area contributed by atoms with E-state index < -0.39 is 21.7 Å². The molecule has 0 radical (unpaired) electrons. The maximum absolute atomic E-state index is 13.5. The zero-order chi connectivity index (χ0) is 26.4. The molecular weight excluding hydrogens is 478 g/mol. The van der Waals surface area contributed by atoms with E-state index in [-0.39, 0.29) is 62.6 Å². The Morgan fingerprint density at radius 3 is 1.24 bits per heavy atom. The molecule has 0 aromatic carbocycles. The Balaban J connectivity index is 5.52. The number of phosphoric ester groups is 2. The van der Waals surface area contributed by atoms with Crippen molar-refractivity contribution in [2.45, 2.75) is 94.6 Å². The predicted octanol–water partition coefficient (Wildman–Crippen LogP) is 8.12. The van der Waals surface area contributed by atoms with E-state index in [2.05, 4.69) is 0 Å². The summed E-state index contributed by atoms with van der Waals surface area (Å²) in [6, 6.07) is 0. The molecule has 0 aromatic heterocycles. The largest absolute Gasteiger partial charge is 0.475 e. The first-order chi connectivity index (χ1) is 15.8.